The summed E-state index contributed by atoms with van der Waals surface area (Å²) in [7, 11) is 0. The van der Waals surface area contributed by atoms with Crippen molar-refractivity contribution >= 4 is 11.4 Å². The number of nitrogens with one attached hydrogen (secondary N) is 3. The molecular formula is C49H39N5. The summed E-state index contributed by atoms with van der Waals surface area (Å²) in [6.07, 6.45) is 6.02. The molecule has 6 aromatic carbocycles. The SMILES string of the molecule is C1=CC(c2cccc(-c3cc(-c4cccc(-c5cccc(C6N=C(c7ccccc7)NC(c7ccccc7)N6)c5)c4)cc(-c4ccccc4)n3)c2)=CCN1. The van der Waals surface area contributed by atoms with Crippen LogP contribution in [0.1, 0.15) is 34.6 Å². The molecule has 2 aliphatic rings. The first-order chi connectivity index (χ1) is 26.7. The molecule has 0 fully saturated rings. The maximum atomic E-state index is 5.21. The predicted molar refractivity (Wildman–Crippen MR) is 222 cm³/mol. The lowest BCUT2D eigenvalue weighted by Gasteiger charge is -2.32. The Morgan fingerprint density at radius 3 is 1.74 bits per heavy atom. The van der Waals surface area contributed by atoms with Crippen LogP contribution in [0.25, 0.3) is 50.3 Å². The Morgan fingerprint density at radius 1 is 0.463 bits per heavy atom. The number of hydrogen-bond donors (Lipinski definition) is 3. The molecule has 2 atom stereocenters. The maximum Gasteiger partial charge on any atom is 0.131 e. The highest BCUT2D eigenvalue weighted by molar-refractivity contribution is 5.99. The van der Waals surface area contributed by atoms with Gasteiger partial charge in [0.15, 0.2) is 0 Å². The van der Waals surface area contributed by atoms with Gasteiger partial charge in [0.1, 0.15) is 18.2 Å². The van der Waals surface area contributed by atoms with Crippen LogP contribution >= 0.6 is 0 Å². The summed E-state index contributed by atoms with van der Waals surface area (Å²) >= 11 is 0. The molecule has 5 nitrogen and oxygen atoms in total. The van der Waals surface area contributed by atoms with E-state index in [9.17, 15) is 0 Å². The molecule has 3 N–H and O–H groups in total. The van der Waals surface area contributed by atoms with Crippen molar-refractivity contribution in [2.75, 3.05) is 6.54 Å². The van der Waals surface area contributed by atoms with Crippen LogP contribution in [0.4, 0.5) is 0 Å². The topological polar surface area (TPSA) is 61.3 Å². The highest BCUT2D eigenvalue weighted by Gasteiger charge is 2.25. The van der Waals surface area contributed by atoms with Gasteiger partial charge in [-0.05, 0) is 87.1 Å². The number of hydrogen-bond acceptors (Lipinski definition) is 5. The summed E-state index contributed by atoms with van der Waals surface area (Å²) in [5.74, 6) is 0.873. The molecule has 3 heterocycles. The normalized spacial score (nSPS) is 16.4. The molecule has 2 unspecified atom stereocenters. The fourth-order valence-electron chi connectivity index (χ4n) is 7.18. The van der Waals surface area contributed by atoms with Crippen molar-refractivity contribution < 1.29 is 0 Å². The number of aromatic nitrogens is 1. The van der Waals surface area contributed by atoms with E-state index in [0.717, 1.165) is 73.8 Å². The van der Waals surface area contributed by atoms with Crippen molar-refractivity contribution in [3.05, 3.63) is 217 Å². The Hall–Kier alpha value is -6.82. The van der Waals surface area contributed by atoms with E-state index in [1.807, 2.05) is 24.4 Å². The molecule has 5 heteroatoms. The van der Waals surface area contributed by atoms with Crippen molar-refractivity contribution in [2.24, 2.45) is 4.99 Å². The third kappa shape index (κ3) is 7.13. The fraction of sp³-hybridized carbons (Fsp3) is 0.0612. The lowest BCUT2D eigenvalue weighted by molar-refractivity contribution is 0.409. The van der Waals surface area contributed by atoms with Crippen LogP contribution < -0.4 is 16.0 Å². The Morgan fingerprint density at radius 2 is 1.02 bits per heavy atom. The smallest absolute Gasteiger partial charge is 0.131 e. The zero-order valence-corrected chi connectivity index (χ0v) is 29.7. The maximum absolute atomic E-state index is 5.21. The lowest BCUT2D eigenvalue weighted by Crippen LogP contribution is -2.44. The lowest BCUT2D eigenvalue weighted by atomic mass is 9.95. The highest BCUT2D eigenvalue weighted by Crippen LogP contribution is 2.35. The van der Waals surface area contributed by atoms with E-state index in [1.165, 1.54) is 11.1 Å². The number of nitrogens with zero attached hydrogens (tertiary/aromatic N) is 2. The zero-order chi connectivity index (χ0) is 36.1. The van der Waals surface area contributed by atoms with E-state index in [-0.39, 0.29) is 12.3 Å². The molecule has 54 heavy (non-hydrogen) atoms. The Kier molecular flexibility index (Phi) is 9.20. The second-order valence-corrected chi connectivity index (χ2v) is 13.6. The molecule has 0 amide bonds. The van der Waals surface area contributed by atoms with E-state index in [0.29, 0.717) is 0 Å². The van der Waals surface area contributed by atoms with Gasteiger partial charge in [-0.15, -0.1) is 0 Å². The molecule has 0 aliphatic carbocycles. The van der Waals surface area contributed by atoms with E-state index in [2.05, 4.69) is 186 Å². The Labute approximate surface area is 316 Å². The summed E-state index contributed by atoms with van der Waals surface area (Å²) in [4.78, 5) is 10.4. The first-order valence-electron chi connectivity index (χ1n) is 18.4. The van der Waals surface area contributed by atoms with Gasteiger partial charge in [-0.25, -0.2) is 9.98 Å². The summed E-state index contributed by atoms with van der Waals surface area (Å²) in [6, 6.07) is 61.9. The van der Waals surface area contributed by atoms with Crippen molar-refractivity contribution in [1.29, 1.82) is 0 Å². The first kappa shape index (κ1) is 33.0. The second kappa shape index (κ2) is 15.0. The summed E-state index contributed by atoms with van der Waals surface area (Å²) in [6.45, 7) is 0.825. The average molecular weight is 698 g/mol. The number of pyridine rings is 1. The van der Waals surface area contributed by atoms with Crippen molar-refractivity contribution in [3.63, 3.8) is 0 Å². The van der Waals surface area contributed by atoms with Gasteiger partial charge in [0, 0.05) is 23.2 Å². The summed E-state index contributed by atoms with van der Waals surface area (Å²) < 4.78 is 0. The molecule has 0 saturated heterocycles. The second-order valence-electron chi connectivity index (χ2n) is 13.6. The van der Waals surface area contributed by atoms with Crippen molar-refractivity contribution in [1.82, 2.24) is 20.9 Å². The average Bonchev–Trinajstić information content (AvgIpc) is 3.27. The van der Waals surface area contributed by atoms with Gasteiger partial charge < -0.3 is 10.6 Å². The number of rotatable bonds is 8. The summed E-state index contributed by atoms with van der Waals surface area (Å²) in [5, 5.41) is 10.6. The van der Waals surface area contributed by atoms with Gasteiger partial charge in [0.25, 0.3) is 0 Å². The molecule has 2 aliphatic heterocycles. The van der Waals surface area contributed by atoms with Crippen molar-refractivity contribution in [3.8, 4) is 44.8 Å². The minimum atomic E-state index is -0.238. The van der Waals surface area contributed by atoms with Crippen molar-refractivity contribution in [2.45, 2.75) is 12.3 Å². The van der Waals surface area contributed by atoms with Gasteiger partial charge in [0.05, 0.1) is 11.4 Å². The minimum absolute atomic E-state index is 0.0934. The monoisotopic (exact) mass is 697 g/mol. The van der Waals surface area contributed by atoms with Gasteiger partial charge in [0.2, 0.25) is 0 Å². The molecule has 1 aromatic heterocycles. The van der Waals surface area contributed by atoms with Crippen LogP contribution in [0, 0.1) is 0 Å². The van der Waals surface area contributed by atoms with E-state index >= 15 is 0 Å². The molecule has 0 bridgehead atoms. The molecule has 0 radical (unpaired) electrons. The largest absolute Gasteiger partial charge is 0.387 e. The number of allylic oxidation sites excluding steroid dienone is 2. The van der Waals surface area contributed by atoms with Crippen LogP contribution in [0.5, 0.6) is 0 Å². The number of aliphatic imine (C=N–C) groups is 1. The van der Waals surface area contributed by atoms with E-state index in [4.69, 9.17) is 9.98 Å². The molecule has 7 aromatic rings. The van der Waals surface area contributed by atoms with Crippen LogP contribution in [-0.2, 0) is 0 Å². The number of dihydropyridines is 1. The van der Waals surface area contributed by atoms with Gasteiger partial charge in [-0.2, -0.15) is 0 Å². The molecule has 0 saturated carbocycles. The van der Waals surface area contributed by atoms with Gasteiger partial charge >= 0.3 is 0 Å². The van der Waals surface area contributed by atoms with Gasteiger partial charge in [-0.1, -0.05) is 152 Å². The Bertz CT molecular complexity index is 2500. The molecule has 9 rings (SSSR count). The van der Waals surface area contributed by atoms with E-state index < -0.39 is 0 Å². The number of amidine groups is 1. The fourth-order valence-corrected chi connectivity index (χ4v) is 7.18. The predicted octanol–water partition coefficient (Wildman–Crippen LogP) is 10.6. The van der Waals surface area contributed by atoms with E-state index in [1.54, 1.807) is 0 Å². The quantitative estimate of drug-likeness (QED) is 0.148. The molecule has 260 valence electrons. The van der Waals surface area contributed by atoms with Gasteiger partial charge in [-0.3, -0.25) is 5.32 Å². The molecule has 0 spiro atoms. The first-order valence-corrected chi connectivity index (χ1v) is 18.4. The highest BCUT2D eigenvalue weighted by atomic mass is 15.3. The third-order valence-electron chi connectivity index (χ3n) is 9.98. The zero-order valence-electron chi connectivity index (χ0n) is 29.7. The third-order valence-corrected chi connectivity index (χ3v) is 9.98. The van der Waals surface area contributed by atoms with Crippen LogP contribution in [0.15, 0.2) is 199 Å². The summed E-state index contributed by atoms with van der Waals surface area (Å²) in [5.41, 5.74) is 14.3. The van der Waals surface area contributed by atoms with Crippen LogP contribution in [0.2, 0.25) is 0 Å². The number of benzene rings is 6. The Balaban J connectivity index is 1.08. The van der Waals surface area contributed by atoms with Crippen LogP contribution in [0.3, 0.4) is 0 Å². The minimum Gasteiger partial charge on any atom is -0.387 e. The standard InChI is InChI=1S/C49H39N5/c1-4-13-35(14-5-1)45-32-44(33-46(51-45)42-23-11-19-38(30-42)34-25-27-50-28-26-34)41-22-10-20-39(29-41)40-21-12-24-43(31-40)49-53-47(36-15-6-2-7-16-36)52-48(54-49)37-17-8-3-9-18-37/h1-27,29-33,47,49-50,53H,28H2,(H,52,54). The molecular weight excluding hydrogens is 659 g/mol. The van der Waals surface area contributed by atoms with Crippen LogP contribution in [-0.4, -0.2) is 17.4 Å².